The molecule has 0 spiro atoms. The van der Waals surface area contributed by atoms with Crippen molar-refractivity contribution in [3.05, 3.63) is 86.4 Å². The molecule has 5 rings (SSSR count). The number of fused-ring (bicyclic) bond motifs is 2. The summed E-state index contributed by atoms with van der Waals surface area (Å²) in [6.45, 7) is 0.630. The van der Waals surface area contributed by atoms with Gasteiger partial charge in [0, 0.05) is 21.5 Å². The minimum atomic E-state index is 0.0176. The number of hydrogen-bond acceptors (Lipinski definition) is 3. The van der Waals surface area contributed by atoms with Crippen LogP contribution in [0.1, 0.15) is 17.8 Å². The lowest BCUT2D eigenvalue weighted by Gasteiger charge is -2.04. The lowest BCUT2D eigenvalue weighted by atomic mass is 10.1. The fourth-order valence-corrected chi connectivity index (χ4v) is 4.99. The third kappa shape index (κ3) is 2.98. The van der Waals surface area contributed by atoms with Gasteiger partial charge in [-0.2, -0.15) is 0 Å². The summed E-state index contributed by atoms with van der Waals surface area (Å²) in [5, 5.41) is 1.87. The van der Waals surface area contributed by atoms with Crippen molar-refractivity contribution < 1.29 is 0 Å². The Kier molecular flexibility index (Phi) is 4.35. The van der Waals surface area contributed by atoms with E-state index >= 15 is 0 Å². The van der Waals surface area contributed by atoms with Gasteiger partial charge >= 0.3 is 0 Å². The van der Waals surface area contributed by atoms with Crippen LogP contribution >= 0.6 is 34.5 Å². The highest BCUT2D eigenvalue weighted by molar-refractivity contribution is 7.21. The van der Waals surface area contributed by atoms with E-state index in [0.717, 1.165) is 38.7 Å². The van der Waals surface area contributed by atoms with E-state index in [1.807, 2.05) is 54.6 Å². The third-order valence-electron chi connectivity index (χ3n) is 4.89. The second-order valence-electron chi connectivity index (χ2n) is 6.67. The zero-order chi connectivity index (χ0) is 19.3. The van der Waals surface area contributed by atoms with Gasteiger partial charge in [0.2, 0.25) is 0 Å². The van der Waals surface area contributed by atoms with Crippen LogP contribution in [-0.4, -0.2) is 9.55 Å². The first-order valence-corrected chi connectivity index (χ1v) is 10.4. The number of thiophene rings is 1. The normalized spacial score (nSPS) is 14.7. The molecule has 28 heavy (non-hydrogen) atoms. The summed E-state index contributed by atoms with van der Waals surface area (Å²) in [5.41, 5.74) is 3.00. The Hall–Kier alpha value is -2.40. The molecular formula is C22H14Cl2N2OS. The van der Waals surface area contributed by atoms with E-state index in [2.05, 4.69) is 0 Å². The Labute approximate surface area is 175 Å². The number of allylic oxidation sites excluding steroid dienone is 1. The molecule has 0 bridgehead atoms. The SMILES string of the molecule is O=c1c2cc(-c3ccccc3)sc2nc2n1CC/C2=C\c1ccc(Cl)cc1Cl. The molecule has 0 atom stereocenters. The highest BCUT2D eigenvalue weighted by Gasteiger charge is 2.22. The van der Waals surface area contributed by atoms with Gasteiger partial charge < -0.3 is 0 Å². The molecule has 1 aliphatic heterocycles. The number of aromatic nitrogens is 2. The van der Waals surface area contributed by atoms with Crippen LogP contribution in [0.5, 0.6) is 0 Å². The first-order chi connectivity index (χ1) is 13.6. The third-order valence-corrected chi connectivity index (χ3v) is 6.53. The van der Waals surface area contributed by atoms with Crippen LogP contribution < -0.4 is 5.56 Å². The number of nitrogens with zero attached hydrogens (tertiary/aromatic N) is 2. The zero-order valence-electron chi connectivity index (χ0n) is 14.7. The number of benzene rings is 2. The molecule has 1 aliphatic rings. The largest absolute Gasteiger partial charge is 0.292 e. The molecule has 0 amide bonds. The summed E-state index contributed by atoms with van der Waals surface area (Å²) >= 11 is 13.9. The van der Waals surface area contributed by atoms with Crippen LogP contribution in [0, 0.1) is 0 Å². The molecule has 0 saturated heterocycles. The molecule has 0 radical (unpaired) electrons. The zero-order valence-corrected chi connectivity index (χ0v) is 17.0. The Bertz CT molecular complexity index is 1310. The summed E-state index contributed by atoms with van der Waals surface area (Å²) < 4.78 is 1.76. The predicted molar refractivity (Wildman–Crippen MR) is 118 cm³/mol. The smallest absolute Gasteiger partial charge is 0.262 e. The molecule has 0 fully saturated rings. The summed E-state index contributed by atoms with van der Waals surface area (Å²) in [7, 11) is 0. The molecule has 0 unspecified atom stereocenters. The predicted octanol–water partition coefficient (Wildman–Crippen LogP) is 6.38. The topological polar surface area (TPSA) is 34.9 Å². The second kappa shape index (κ2) is 6.89. The van der Waals surface area contributed by atoms with Gasteiger partial charge in [0.15, 0.2) is 0 Å². The molecule has 3 nitrogen and oxygen atoms in total. The molecule has 3 heterocycles. The van der Waals surface area contributed by atoms with Crippen molar-refractivity contribution in [2.24, 2.45) is 0 Å². The lowest BCUT2D eigenvalue weighted by molar-refractivity contribution is 0.726. The van der Waals surface area contributed by atoms with Crippen molar-refractivity contribution >= 4 is 56.4 Å². The van der Waals surface area contributed by atoms with Crippen LogP contribution in [0.4, 0.5) is 0 Å². The number of hydrogen-bond donors (Lipinski definition) is 0. The van der Waals surface area contributed by atoms with E-state index < -0.39 is 0 Å². The summed E-state index contributed by atoms with van der Waals surface area (Å²) in [4.78, 5) is 19.7. The van der Waals surface area contributed by atoms with Gasteiger partial charge in [0.05, 0.1) is 5.39 Å². The van der Waals surface area contributed by atoms with E-state index in [-0.39, 0.29) is 5.56 Å². The monoisotopic (exact) mass is 424 g/mol. The minimum absolute atomic E-state index is 0.0176. The molecule has 0 N–H and O–H groups in total. The molecule has 6 heteroatoms. The van der Waals surface area contributed by atoms with E-state index in [4.69, 9.17) is 28.2 Å². The van der Waals surface area contributed by atoms with Crippen molar-refractivity contribution in [3.63, 3.8) is 0 Å². The highest BCUT2D eigenvalue weighted by atomic mass is 35.5. The highest BCUT2D eigenvalue weighted by Crippen LogP contribution is 2.34. The van der Waals surface area contributed by atoms with Gasteiger partial charge in [-0.15, -0.1) is 11.3 Å². The van der Waals surface area contributed by atoms with Crippen molar-refractivity contribution in [3.8, 4) is 10.4 Å². The van der Waals surface area contributed by atoms with Crippen LogP contribution in [-0.2, 0) is 6.54 Å². The quantitative estimate of drug-likeness (QED) is 0.374. The first kappa shape index (κ1) is 17.7. The Morgan fingerprint density at radius 1 is 1.07 bits per heavy atom. The van der Waals surface area contributed by atoms with Crippen LogP contribution in [0.3, 0.4) is 0 Å². The Morgan fingerprint density at radius 2 is 1.89 bits per heavy atom. The van der Waals surface area contributed by atoms with Crippen molar-refractivity contribution in [2.45, 2.75) is 13.0 Å². The van der Waals surface area contributed by atoms with E-state index in [9.17, 15) is 4.79 Å². The molecular weight excluding hydrogens is 411 g/mol. The average Bonchev–Trinajstić information content (AvgIpc) is 3.30. The Balaban J connectivity index is 1.65. The molecule has 0 saturated carbocycles. The molecule has 2 aromatic carbocycles. The van der Waals surface area contributed by atoms with E-state index in [0.29, 0.717) is 22.0 Å². The van der Waals surface area contributed by atoms with E-state index in [1.165, 1.54) is 0 Å². The fourth-order valence-electron chi connectivity index (χ4n) is 3.50. The summed E-state index contributed by atoms with van der Waals surface area (Å²) in [5.74, 6) is 0.727. The number of rotatable bonds is 2. The van der Waals surface area contributed by atoms with Crippen LogP contribution in [0.2, 0.25) is 10.0 Å². The van der Waals surface area contributed by atoms with Gasteiger partial charge in [-0.05, 0) is 47.4 Å². The Morgan fingerprint density at radius 3 is 2.68 bits per heavy atom. The maximum atomic E-state index is 13.0. The van der Waals surface area contributed by atoms with Gasteiger partial charge in [0.25, 0.3) is 5.56 Å². The van der Waals surface area contributed by atoms with Crippen molar-refractivity contribution in [1.29, 1.82) is 0 Å². The van der Waals surface area contributed by atoms with Gasteiger partial charge in [-0.25, -0.2) is 4.98 Å². The lowest BCUT2D eigenvalue weighted by Crippen LogP contribution is -2.19. The van der Waals surface area contributed by atoms with Gasteiger partial charge in [-0.3, -0.25) is 9.36 Å². The number of halogens is 2. The molecule has 4 aromatic rings. The average molecular weight is 425 g/mol. The van der Waals surface area contributed by atoms with Gasteiger partial charge in [-0.1, -0.05) is 59.6 Å². The molecule has 138 valence electrons. The summed E-state index contributed by atoms with van der Waals surface area (Å²) in [6.07, 6.45) is 2.76. The van der Waals surface area contributed by atoms with Gasteiger partial charge in [0.1, 0.15) is 10.7 Å². The minimum Gasteiger partial charge on any atom is -0.292 e. The summed E-state index contributed by atoms with van der Waals surface area (Å²) in [6, 6.07) is 17.4. The maximum Gasteiger partial charge on any atom is 0.262 e. The van der Waals surface area contributed by atoms with Crippen LogP contribution in [0.15, 0.2) is 59.4 Å². The standard InChI is InChI=1S/C22H14Cl2N2OS/c23-16-7-6-14(18(24)11-16)10-15-8-9-26-20(15)25-21-17(22(26)27)12-19(28-21)13-4-2-1-3-5-13/h1-7,10-12H,8-9H2/b15-10+. The van der Waals surface area contributed by atoms with Crippen molar-refractivity contribution in [2.75, 3.05) is 0 Å². The fraction of sp³-hybridized carbons (Fsp3) is 0.0909. The first-order valence-electron chi connectivity index (χ1n) is 8.86. The second-order valence-corrected chi connectivity index (χ2v) is 8.55. The van der Waals surface area contributed by atoms with E-state index in [1.54, 1.807) is 22.0 Å². The molecule has 0 aliphatic carbocycles. The van der Waals surface area contributed by atoms with Crippen molar-refractivity contribution in [1.82, 2.24) is 9.55 Å². The van der Waals surface area contributed by atoms with Crippen LogP contribution in [0.25, 0.3) is 32.3 Å². The molecule has 2 aromatic heterocycles. The maximum absolute atomic E-state index is 13.0.